The minimum atomic E-state index is 0.0446. The largest absolute Gasteiger partial charge is 0.457 e. The molecule has 90 valence electrons. The summed E-state index contributed by atoms with van der Waals surface area (Å²) in [5.41, 5.74) is 5.09. The molecule has 0 bridgehead atoms. The average Bonchev–Trinajstić information content (AvgIpc) is 2.75. The molecule has 0 amide bonds. The van der Waals surface area contributed by atoms with Crippen molar-refractivity contribution in [3.8, 4) is 0 Å². The van der Waals surface area contributed by atoms with Crippen LogP contribution in [0.4, 0.5) is 0 Å². The molecule has 0 aliphatic heterocycles. The van der Waals surface area contributed by atoms with Crippen LogP contribution in [0, 0.1) is 3.57 Å². The SMILES string of the molecule is NNC(Cc1ccc(I)cc1)c1ccoc1Br. The van der Waals surface area contributed by atoms with Crippen molar-refractivity contribution >= 4 is 38.5 Å². The van der Waals surface area contributed by atoms with Crippen LogP contribution in [0.25, 0.3) is 0 Å². The Bertz CT molecular complexity index is 484. The summed E-state index contributed by atoms with van der Waals surface area (Å²) in [6, 6.07) is 10.4. The van der Waals surface area contributed by atoms with Gasteiger partial charge in [0.05, 0.1) is 12.3 Å². The van der Waals surface area contributed by atoms with Crippen LogP contribution < -0.4 is 11.3 Å². The van der Waals surface area contributed by atoms with Gasteiger partial charge in [0.15, 0.2) is 4.67 Å². The van der Waals surface area contributed by atoms with Gasteiger partial charge in [0, 0.05) is 9.13 Å². The number of benzene rings is 1. The van der Waals surface area contributed by atoms with Crippen molar-refractivity contribution in [1.82, 2.24) is 5.43 Å². The van der Waals surface area contributed by atoms with Gasteiger partial charge in [-0.15, -0.1) is 0 Å². The number of hydrogen-bond donors (Lipinski definition) is 2. The molecule has 0 aliphatic carbocycles. The fraction of sp³-hybridized carbons (Fsp3) is 0.167. The lowest BCUT2D eigenvalue weighted by Gasteiger charge is -2.14. The summed E-state index contributed by atoms with van der Waals surface area (Å²) in [4.78, 5) is 0. The Balaban J connectivity index is 2.16. The number of halogens is 2. The van der Waals surface area contributed by atoms with E-state index in [0.29, 0.717) is 0 Å². The lowest BCUT2D eigenvalue weighted by molar-refractivity contribution is 0.507. The summed E-state index contributed by atoms with van der Waals surface area (Å²) in [6.45, 7) is 0. The van der Waals surface area contributed by atoms with Gasteiger partial charge in [0.1, 0.15) is 0 Å². The molecule has 3 N–H and O–H groups in total. The molecule has 5 heteroatoms. The second-order valence-corrected chi connectivity index (χ2v) is 5.67. The van der Waals surface area contributed by atoms with Gasteiger partial charge in [-0.3, -0.25) is 11.3 Å². The maximum absolute atomic E-state index is 5.60. The van der Waals surface area contributed by atoms with Crippen molar-refractivity contribution in [2.45, 2.75) is 12.5 Å². The Labute approximate surface area is 122 Å². The minimum absolute atomic E-state index is 0.0446. The van der Waals surface area contributed by atoms with E-state index in [1.165, 1.54) is 9.13 Å². The molecule has 2 rings (SSSR count). The van der Waals surface area contributed by atoms with Crippen LogP contribution in [-0.2, 0) is 6.42 Å². The second-order valence-electron chi connectivity index (χ2n) is 3.70. The zero-order chi connectivity index (χ0) is 12.3. The van der Waals surface area contributed by atoms with Crippen LogP contribution in [0.15, 0.2) is 45.7 Å². The van der Waals surface area contributed by atoms with Crippen molar-refractivity contribution < 1.29 is 4.42 Å². The first-order valence-corrected chi connectivity index (χ1v) is 7.01. The van der Waals surface area contributed by atoms with E-state index in [1.54, 1.807) is 6.26 Å². The van der Waals surface area contributed by atoms with Gasteiger partial charge in [-0.05, 0) is 68.7 Å². The molecule has 1 heterocycles. The molecule has 2 aromatic rings. The van der Waals surface area contributed by atoms with E-state index in [0.717, 1.165) is 16.7 Å². The standard InChI is InChI=1S/C12H12BrIN2O/c13-12-10(5-6-17-12)11(16-15)7-8-1-3-9(14)4-2-8/h1-6,11,16H,7,15H2. The lowest BCUT2D eigenvalue weighted by Crippen LogP contribution is -2.29. The fourth-order valence-electron chi connectivity index (χ4n) is 1.67. The van der Waals surface area contributed by atoms with Crippen molar-refractivity contribution in [3.63, 3.8) is 0 Å². The first-order chi connectivity index (χ1) is 8.20. The van der Waals surface area contributed by atoms with Crippen LogP contribution in [0.1, 0.15) is 17.2 Å². The Morgan fingerprint density at radius 1 is 1.29 bits per heavy atom. The molecule has 17 heavy (non-hydrogen) atoms. The van der Waals surface area contributed by atoms with Gasteiger partial charge >= 0.3 is 0 Å². The van der Waals surface area contributed by atoms with Crippen molar-refractivity contribution in [3.05, 3.63) is 56.0 Å². The van der Waals surface area contributed by atoms with E-state index in [-0.39, 0.29) is 6.04 Å². The zero-order valence-corrected chi connectivity index (χ0v) is 12.7. The molecule has 0 aliphatic rings. The van der Waals surface area contributed by atoms with E-state index in [9.17, 15) is 0 Å². The quantitative estimate of drug-likeness (QED) is 0.464. The molecule has 1 aromatic carbocycles. The first-order valence-electron chi connectivity index (χ1n) is 5.14. The van der Waals surface area contributed by atoms with Crippen molar-refractivity contribution in [1.29, 1.82) is 0 Å². The van der Waals surface area contributed by atoms with Gasteiger partial charge in [0.2, 0.25) is 0 Å². The van der Waals surface area contributed by atoms with Gasteiger partial charge in [0.25, 0.3) is 0 Å². The first kappa shape index (κ1) is 13.1. The van der Waals surface area contributed by atoms with Crippen molar-refractivity contribution in [2.24, 2.45) is 5.84 Å². The molecule has 1 atom stereocenters. The van der Waals surface area contributed by atoms with E-state index in [1.807, 2.05) is 6.07 Å². The zero-order valence-electron chi connectivity index (χ0n) is 8.99. The fourth-order valence-corrected chi connectivity index (χ4v) is 2.54. The van der Waals surface area contributed by atoms with E-state index in [4.69, 9.17) is 10.3 Å². The average molecular weight is 407 g/mol. The molecule has 0 saturated carbocycles. The Morgan fingerprint density at radius 2 is 2.00 bits per heavy atom. The minimum Gasteiger partial charge on any atom is -0.457 e. The summed E-state index contributed by atoms with van der Waals surface area (Å²) in [6.07, 6.45) is 2.48. The summed E-state index contributed by atoms with van der Waals surface area (Å²) >= 11 is 5.66. The molecule has 0 saturated heterocycles. The monoisotopic (exact) mass is 406 g/mol. The Morgan fingerprint density at radius 3 is 2.53 bits per heavy atom. The highest BCUT2D eigenvalue weighted by Gasteiger charge is 2.15. The second kappa shape index (κ2) is 5.99. The third-order valence-electron chi connectivity index (χ3n) is 2.58. The van der Waals surface area contributed by atoms with Gasteiger partial charge in [-0.25, -0.2) is 0 Å². The molecular formula is C12H12BrIN2O. The van der Waals surface area contributed by atoms with E-state index >= 15 is 0 Å². The highest BCUT2D eigenvalue weighted by molar-refractivity contribution is 14.1. The summed E-state index contributed by atoms with van der Waals surface area (Å²) < 4.78 is 7.18. The molecule has 1 aromatic heterocycles. The van der Waals surface area contributed by atoms with Crippen LogP contribution in [0.5, 0.6) is 0 Å². The van der Waals surface area contributed by atoms with E-state index < -0.39 is 0 Å². The summed E-state index contributed by atoms with van der Waals surface area (Å²) in [5, 5.41) is 0. The normalized spacial score (nSPS) is 12.6. The van der Waals surface area contributed by atoms with Gasteiger partial charge in [-0.1, -0.05) is 12.1 Å². The van der Waals surface area contributed by atoms with E-state index in [2.05, 4.69) is 68.2 Å². The Hall–Kier alpha value is -0.370. The summed E-state index contributed by atoms with van der Waals surface area (Å²) in [5.74, 6) is 5.60. The molecule has 3 nitrogen and oxygen atoms in total. The van der Waals surface area contributed by atoms with Crippen molar-refractivity contribution in [2.75, 3.05) is 0 Å². The predicted octanol–water partition coefficient (Wildman–Crippen LogP) is 3.39. The third-order valence-corrected chi connectivity index (χ3v) is 3.94. The molecule has 0 spiro atoms. The maximum Gasteiger partial charge on any atom is 0.173 e. The predicted molar refractivity (Wildman–Crippen MR) is 79.3 cm³/mol. The molecule has 0 radical (unpaired) electrons. The van der Waals surface area contributed by atoms with Crippen LogP contribution in [-0.4, -0.2) is 0 Å². The number of nitrogens with one attached hydrogen (secondary N) is 1. The highest BCUT2D eigenvalue weighted by Crippen LogP contribution is 2.26. The molecular weight excluding hydrogens is 395 g/mol. The number of furan rings is 1. The third kappa shape index (κ3) is 3.31. The van der Waals surface area contributed by atoms with Crippen LogP contribution >= 0.6 is 38.5 Å². The van der Waals surface area contributed by atoms with Crippen LogP contribution in [0.3, 0.4) is 0 Å². The number of rotatable bonds is 4. The maximum atomic E-state index is 5.60. The van der Waals surface area contributed by atoms with Gasteiger partial charge < -0.3 is 4.42 Å². The number of hydrazine groups is 1. The van der Waals surface area contributed by atoms with Crippen LogP contribution in [0.2, 0.25) is 0 Å². The molecule has 0 fully saturated rings. The van der Waals surface area contributed by atoms with Gasteiger partial charge in [-0.2, -0.15) is 0 Å². The summed E-state index contributed by atoms with van der Waals surface area (Å²) in [7, 11) is 0. The number of nitrogens with two attached hydrogens (primary N) is 1. The smallest absolute Gasteiger partial charge is 0.173 e. The lowest BCUT2D eigenvalue weighted by atomic mass is 10.0. The topological polar surface area (TPSA) is 51.2 Å². The Kier molecular flexibility index (Phi) is 4.61. The number of hydrogen-bond acceptors (Lipinski definition) is 3. The highest BCUT2D eigenvalue weighted by atomic mass is 127. The molecule has 1 unspecified atom stereocenters.